The molecular formula is C21H21N5O3S. The van der Waals surface area contributed by atoms with Crippen LogP contribution in [-0.2, 0) is 20.7 Å². The maximum Gasteiger partial charge on any atom is 0.326 e. The molecule has 0 spiro atoms. The molecule has 3 aromatic rings. The molecule has 1 atom stereocenters. The number of aryl methyl sites for hydroxylation is 1. The summed E-state index contributed by atoms with van der Waals surface area (Å²) in [6.07, 6.45) is 4.72. The molecule has 1 aliphatic heterocycles. The van der Waals surface area contributed by atoms with Gasteiger partial charge in [0, 0.05) is 23.6 Å². The van der Waals surface area contributed by atoms with E-state index in [4.69, 9.17) is 4.74 Å². The molecule has 0 saturated carbocycles. The zero-order valence-corrected chi connectivity index (χ0v) is 17.3. The third kappa shape index (κ3) is 4.35. The molecule has 0 radical (unpaired) electrons. The lowest BCUT2D eigenvalue weighted by Gasteiger charge is -2.24. The summed E-state index contributed by atoms with van der Waals surface area (Å²) in [5, 5.41) is 7.25. The summed E-state index contributed by atoms with van der Waals surface area (Å²) in [4.78, 5) is 35.5. The van der Waals surface area contributed by atoms with Crippen LogP contribution in [0.25, 0.3) is 11.4 Å². The van der Waals surface area contributed by atoms with E-state index < -0.39 is 11.2 Å². The van der Waals surface area contributed by atoms with Gasteiger partial charge >= 0.3 is 5.97 Å². The molecule has 1 N–H and O–H groups in total. The number of para-hydroxylation sites is 1. The molecule has 0 unspecified atom stereocenters. The van der Waals surface area contributed by atoms with Crippen molar-refractivity contribution >= 4 is 29.3 Å². The predicted molar refractivity (Wildman–Crippen MR) is 113 cm³/mol. The first-order valence-corrected chi connectivity index (χ1v) is 10.6. The van der Waals surface area contributed by atoms with Crippen molar-refractivity contribution in [1.82, 2.24) is 20.2 Å². The Morgan fingerprint density at radius 1 is 1.27 bits per heavy atom. The number of esters is 1. The number of benzene rings is 1. The zero-order chi connectivity index (χ0) is 20.9. The summed E-state index contributed by atoms with van der Waals surface area (Å²) in [7, 11) is 0. The average Bonchev–Trinajstić information content (AvgIpc) is 3.20. The Morgan fingerprint density at radius 3 is 2.87 bits per heavy atom. The Kier molecular flexibility index (Phi) is 6.08. The van der Waals surface area contributed by atoms with Crippen LogP contribution in [0.1, 0.15) is 18.9 Å². The number of H-pyrrole nitrogens is 1. The monoisotopic (exact) mass is 423 g/mol. The maximum atomic E-state index is 13.4. The van der Waals surface area contributed by atoms with Crippen LogP contribution in [0, 0.1) is 0 Å². The molecule has 1 amide bonds. The van der Waals surface area contributed by atoms with Crippen molar-refractivity contribution < 1.29 is 14.3 Å². The van der Waals surface area contributed by atoms with E-state index in [1.54, 1.807) is 19.3 Å². The van der Waals surface area contributed by atoms with Crippen LogP contribution in [-0.4, -0.2) is 50.4 Å². The molecular weight excluding hydrogens is 402 g/mol. The number of hydrogen-bond acceptors (Lipinski definition) is 7. The number of anilines is 1. The minimum atomic E-state index is -0.427. The van der Waals surface area contributed by atoms with Gasteiger partial charge in [0.05, 0.1) is 11.9 Å². The molecule has 3 heterocycles. The third-order valence-corrected chi connectivity index (χ3v) is 5.87. The Balaban J connectivity index is 1.56. The summed E-state index contributed by atoms with van der Waals surface area (Å²) in [5.74, 6) is 0.0464. The summed E-state index contributed by atoms with van der Waals surface area (Å²) >= 11 is 1.30. The number of nitrogens with one attached hydrogen (secondary N) is 1. The number of nitrogens with zero attached hydrogens (tertiary/aromatic N) is 4. The van der Waals surface area contributed by atoms with Gasteiger partial charge in [-0.25, -0.2) is 4.98 Å². The van der Waals surface area contributed by atoms with Crippen molar-refractivity contribution in [1.29, 1.82) is 0 Å². The molecule has 30 heavy (non-hydrogen) atoms. The summed E-state index contributed by atoms with van der Waals surface area (Å²) in [6.45, 7) is 1.91. The van der Waals surface area contributed by atoms with Crippen molar-refractivity contribution in [2.75, 3.05) is 18.1 Å². The van der Waals surface area contributed by atoms with Crippen molar-refractivity contribution in [3.05, 3.63) is 54.4 Å². The number of thioether (sulfide) groups is 1. The second-order valence-corrected chi connectivity index (χ2v) is 7.88. The van der Waals surface area contributed by atoms with E-state index in [0.717, 1.165) is 23.2 Å². The van der Waals surface area contributed by atoms with Crippen molar-refractivity contribution in [3.8, 4) is 11.4 Å². The minimum absolute atomic E-state index is 0.114. The summed E-state index contributed by atoms with van der Waals surface area (Å²) in [6, 6.07) is 11.3. The third-order valence-electron chi connectivity index (χ3n) is 4.76. The van der Waals surface area contributed by atoms with E-state index in [9.17, 15) is 9.59 Å². The molecule has 1 aliphatic rings. The van der Waals surface area contributed by atoms with Crippen LogP contribution in [0.15, 0.2) is 53.9 Å². The molecule has 2 aromatic heterocycles. The van der Waals surface area contributed by atoms with Gasteiger partial charge in [0.1, 0.15) is 6.54 Å². The largest absolute Gasteiger partial charge is 0.465 e. The minimum Gasteiger partial charge on any atom is -0.465 e. The van der Waals surface area contributed by atoms with Gasteiger partial charge in [-0.1, -0.05) is 30.0 Å². The topological polar surface area (TPSA) is 101 Å². The fraction of sp³-hybridized carbons (Fsp3) is 0.286. The van der Waals surface area contributed by atoms with E-state index in [1.165, 1.54) is 16.7 Å². The number of pyridine rings is 1. The van der Waals surface area contributed by atoms with Gasteiger partial charge in [-0.15, -0.1) is 5.10 Å². The lowest BCUT2D eigenvalue weighted by atomic mass is 10.1. The fourth-order valence-corrected chi connectivity index (χ4v) is 4.32. The second-order valence-electron chi connectivity index (χ2n) is 6.71. The van der Waals surface area contributed by atoms with E-state index in [1.807, 2.05) is 36.4 Å². The second kappa shape index (κ2) is 9.08. The van der Waals surface area contributed by atoms with Gasteiger partial charge in [0.25, 0.3) is 0 Å². The zero-order valence-electron chi connectivity index (χ0n) is 16.4. The Morgan fingerprint density at radius 2 is 2.07 bits per heavy atom. The van der Waals surface area contributed by atoms with Crippen LogP contribution < -0.4 is 4.90 Å². The highest BCUT2D eigenvalue weighted by molar-refractivity contribution is 8.00. The van der Waals surface area contributed by atoms with Crippen molar-refractivity contribution in [3.63, 3.8) is 0 Å². The number of ether oxygens (including phenoxy) is 1. The van der Waals surface area contributed by atoms with Gasteiger partial charge in [-0.05, 0) is 43.5 Å². The number of carbonyl (C=O) groups excluding carboxylic acids is 2. The number of aromatic amines is 1. The Hall–Kier alpha value is -3.20. The quantitative estimate of drug-likeness (QED) is 0.608. The average molecular weight is 423 g/mol. The Bertz CT molecular complexity index is 1040. The molecule has 1 aromatic carbocycles. The standard InChI is InChI=1S/C21H21N5O3S/c1-2-29-18(27)13-26-16-6-4-3-5-14(16)7-8-17(20(26)28)30-21-23-19(24-25-21)15-9-11-22-12-10-15/h3-6,9-12,17H,2,7-8,13H2,1H3,(H,23,24,25)/t17-/m1/s1. The number of fused-ring (bicyclic) bond motifs is 1. The Labute approximate surface area is 178 Å². The number of aromatic nitrogens is 4. The highest BCUT2D eigenvalue weighted by Crippen LogP contribution is 2.33. The van der Waals surface area contributed by atoms with Gasteiger partial charge in [-0.2, -0.15) is 0 Å². The summed E-state index contributed by atoms with van der Waals surface area (Å²) < 4.78 is 5.08. The SMILES string of the molecule is CCOC(=O)CN1C(=O)[C@H](Sc2n[nH]c(-c3ccncc3)n2)CCc2ccccc21. The molecule has 0 saturated heterocycles. The van der Waals surface area contributed by atoms with E-state index in [2.05, 4.69) is 20.2 Å². The molecule has 0 aliphatic carbocycles. The maximum absolute atomic E-state index is 13.4. The van der Waals surface area contributed by atoms with Crippen LogP contribution >= 0.6 is 11.8 Å². The van der Waals surface area contributed by atoms with Crippen LogP contribution in [0.4, 0.5) is 5.69 Å². The predicted octanol–water partition coefficient (Wildman–Crippen LogP) is 2.87. The molecule has 8 nitrogen and oxygen atoms in total. The molecule has 4 rings (SSSR count). The van der Waals surface area contributed by atoms with E-state index in [-0.39, 0.29) is 19.1 Å². The molecule has 154 valence electrons. The number of carbonyl (C=O) groups is 2. The smallest absolute Gasteiger partial charge is 0.326 e. The van der Waals surface area contributed by atoms with Gasteiger partial charge < -0.3 is 4.74 Å². The van der Waals surface area contributed by atoms with Gasteiger partial charge in [0.2, 0.25) is 11.1 Å². The van der Waals surface area contributed by atoms with Gasteiger partial charge in [-0.3, -0.25) is 24.6 Å². The normalized spacial score (nSPS) is 16.1. The summed E-state index contributed by atoms with van der Waals surface area (Å²) in [5.41, 5.74) is 2.66. The van der Waals surface area contributed by atoms with Crippen molar-refractivity contribution in [2.45, 2.75) is 30.2 Å². The first-order chi connectivity index (χ1) is 14.7. The highest BCUT2D eigenvalue weighted by Gasteiger charge is 2.33. The first-order valence-electron chi connectivity index (χ1n) is 9.70. The van der Waals surface area contributed by atoms with E-state index >= 15 is 0 Å². The number of amides is 1. The molecule has 9 heteroatoms. The van der Waals surface area contributed by atoms with Crippen LogP contribution in [0.5, 0.6) is 0 Å². The first kappa shape index (κ1) is 20.1. The lowest BCUT2D eigenvalue weighted by Crippen LogP contribution is -2.41. The van der Waals surface area contributed by atoms with Gasteiger partial charge in [0.15, 0.2) is 5.82 Å². The van der Waals surface area contributed by atoms with Crippen LogP contribution in [0.3, 0.4) is 0 Å². The highest BCUT2D eigenvalue weighted by atomic mass is 32.2. The van der Waals surface area contributed by atoms with Crippen molar-refractivity contribution in [2.24, 2.45) is 0 Å². The fourth-order valence-electron chi connectivity index (χ4n) is 3.36. The lowest BCUT2D eigenvalue weighted by molar-refractivity contribution is -0.142. The van der Waals surface area contributed by atoms with Crippen LogP contribution in [0.2, 0.25) is 0 Å². The molecule has 0 fully saturated rings. The number of rotatable bonds is 6. The molecule has 0 bridgehead atoms. The van der Waals surface area contributed by atoms with E-state index in [0.29, 0.717) is 17.4 Å². The number of hydrogen-bond donors (Lipinski definition) is 1.